The van der Waals surface area contributed by atoms with Crippen LogP contribution in [0, 0.1) is 5.92 Å². The van der Waals surface area contributed by atoms with Crippen LogP contribution >= 0.6 is 0 Å². The molecule has 2 fully saturated rings. The first kappa shape index (κ1) is 13.9. The first-order chi connectivity index (χ1) is 9.84. The molecule has 1 saturated carbocycles. The zero-order chi connectivity index (χ0) is 13.8. The number of benzene rings is 1. The van der Waals surface area contributed by atoms with Crippen molar-refractivity contribution in [3.8, 4) is 0 Å². The summed E-state index contributed by atoms with van der Waals surface area (Å²) in [4.78, 5) is 2.55. The number of hydrogen-bond acceptors (Lipinski definition) is 2. The average molecular weight is 272 g/mol. The summed E-state index contributed by atoms with van der Waals surface area (Å²) < 4.78 is 0. The zero-order valence-corrected chi connectivity index (χ0v) is 12.8. The lowest BCUT2D eigenvalue weighted by Gasteiger charge is -2.24. The van der Waals surface area contributed by atoms with E-state index in [0.29, 0.717) is 6.04 Å². The smallest absolute Gasteiger partial charge is 0.0411 e. The van der Waals surface area contributed by atoms with Gasteiger partial charge in [-0.3, -0.25) is 0 Å². The van der Waals surface area contributed by atoms with Gasteiger partial charge < -0.3 is 10.2 Å². The van der Waals surface area contributed by atoms with Crippen molar-refractivity contribution in [1.82, 2.24) is 5.32 Å². The maximum absolute atomic E-state index is 3.78. The highest BCUT2D eigenvalue weighted by Crippen LogP contribution is 2.28. The second kappa shape index (κ2) is 6.62. The van der Waals surface area contributed by atoms with Gasteiger partial charge in [0.1, 0.15) is 0 Å². The van der Waals surface area contributed by atoms with Gasteiger partial charge >= 0.3 is 0 Å². The summed E-state index contributed by atoms with van der Waals surface area (Å²) in [6.07, 6.45) is 8.40. The molecule has 2 nitrogen and oxygen atoms in total. The van der Waals surface area contributed by atoms with Crippen LogP contribution in [-0.2, 0) is 6.54 Å². The molecule has 1 aromatic rings. The van der Waals surface area contributed by atoms with Crippen LogP contribution in [0.3, 0.4) is 0 Å². The molecular weight excluding hydrogens is 244 g/mol. The Morgan fingerprint density at radius 3 is 2.55 bits per heavy atom. The highest BCUT2D eigenvalue weighted by Gasteiger charge is 2.21. The van der Waals surface area contributed by atoms with Gasteiger partial charge in [-0.1, -0.05) is 31.0 Å². The maximum Gasteiger partial charge on any atom is 0.0411 e. The molecule has 1 N–H and O–H groups in total. The van der Waals surface area contributed by atoms with E-state index in [2.05, 4.69) is 41.4 Å². The lowest BCUT2D eigenvalue weighted by molar-refractivity contribution is 0.380. The molecule has 1 aliphatic carbocycles. The first-order valence-electron chi connectivity index (χ1n) is 8.41. The van der Waals surface area contributed by atoms with E-state index < -0.39 is 0 Å². The van der Waals surface area contributed by atoms with Crippen LogP contribution in [0.2, 0.25) is 0 Å². The highest BCUT2D eigenvalue weighted by molar-refractivity contribution is 5.54. The lowest BCUT2D eigenvalue weighted by atomic mass is 9.99. The second-order valence-electron chi connectivity index (χ2n) is 6.54. The van der Waals surface area contributed by atoms with Crippen LogP contribution in [-0.4, -0.2) is 19.1 Å². The SMILES string of the molecule is C[C@@H](NCc1ccccc1N1CCCC1)C1CCCC1. The fraction of sp³-hybridized carbons (Fsp3) is 0.667. The number of nitrogens with one attached hydrogen (secondary N) is 1. The zero-order valence-electron chi connectivity index (χ0n) is 12.8. The van der Waals surface area contributed by atoms with Gasteiger partial charge in [0.05, 0.1) is 0 Å². The van der Waals surface area contributed by atoms with Gasteiger partial charge in [0.25, 0.3) is 0 Å². The van der Waals surface area contributed by atoms with Crippen molar-refractivity contribution < 1.29 is 0 Å². The second-order valence-corrected chi connectivity index (χ2v) is 6.54. The molecule has 2 aliphatic rings. The molecule has 0 spiro atoms. The summed E-state index contributed by atoms with van der Waals surface area (Å²) in [6.45, 7) is 5.85. The molecule has 2 heteroatoms. The van der Waals surface area contributed by atoms with E-state index in [1.807, 2.05) is 0 Å². The van der Waals surface area contributed by atoms with Crippen LogP contribution in [0.25, 0.3) is 0 Å². The van der Waals surface area contributed by atoms with Gasteiger partial charge in [0.2, 0.25) is 0 Å². The Hall–Kier alpha value is -1.02. The third-order valence-electron chi connectivity index (χ3n) is 5.16. The Morgan fingerprint density at radius 1 is 1.10 bits per heavy atom. The molecular formula is C18H28N2. The third kappa shape index (κ3) is 3.17. The molecule has 1 heterocycles. The average Bonchev–Trinajstić information content (AvgIpc) is 3.17. The molecule has 1 saturated heterocycles. The Bertz CT molecular complexity index is 417. The Morgan fingerprint density at radius 2 is 1.80 bits per heavy atom. The molecule has 1 atom stereocenters. The fourth-order valence-corrected chi connectivity index (χ4v) is 3.82. The van der Waals surface area contributed by atoms with Crippen LogP contribution in [0.15, 0.2) is 24.3 Å². The predicted octanol–water partition coefficient (Wildman–Crippen LogP) is 3.96. The summed E-state index contributed by atoms with van der Waals surface area (Å²) in [6, 6.07) is 9.60. The van der Waals surface area contributed by atoms with Crippen molar-refractivity contribution in [2.45, 2.75) is 58.0 Å². The summed E-state index contributed by atoms with van der Waals surface area (Å²) in [5, 5.41) is 3.78. The molecule has 1 aliphatic heterocycles. The lowest BCUT2D eigenvalue weighted by Crippen LogP contribution is -2.32. The Labute approximate surface area is 123 Å². The number of nitrogens with zero attached hydrogens (tertiary/aromatic N) is 1. The highest BCUT2D eigenvalue weighted by atomic mass is 15.1. The van der Waals surface area contributed by atoms with Crippen LogP contribution in [0.1, 0.15) is 51.0 Å². The summed E-state index contributed by atoms with van der Waals surface area (Å²) in [7, 11) is 0. The van der Waals surface area contributed by atoms with Gasteiger partial charge in [-0.25, -0.2) is 0 Å². The van der Waals surface area contributed by atoms with E-state index in [-0.39, 0.29) is 0 Å². The van der Waals surface area contributed by atoms with Gasteiger partial charge in [-0.15, -0.1) is 0 Å². The number of anilines is 1. The van der Waals surface area contributed by atoms with Gasteiger partial charge in [-0.05, 0) is 50.2 Å². The van der Waals surface area contributed by atoms with Crippen molar-refractivity contribution in [2.24, 2.45) is 5.92 Å². The third-order valence-corrected chi connectivity index (χ3v) is 5.16. The van der Waals surface area contributed by atoms with Crippen molar-refractivity contribution in [1.29, 1.82) is 0 Å². The van der Waals surface area contributed by atoms with E-state index in [0.717, 1.165) is 12.5 Å². The fourth-order valence-electron chi connectivity index (χ4n) is 3.82. The predicted molar refractivity (Wildman–Crippen MR) is 86.1 cm³/mol. The van der Waals surface area contributed by atoms with Crippen molar-refractivity contribution in [3.05, 3.63) is 29.8 Å². The minimum atomic E-state index is 0.657. The van der Waals surface area contributed by atoms with Crippen molar-refractivity contribution in [2.75, 3.05) is 18.0 Å². The number of para-hydroxylation sites is 1. The monoisotopic (exact) mass is 272 g/mol. The Kier molecular flexibility index (Phi) is 4.62. The van der Waals surface area contributed by atoms with Crippen molar-refractivity contribution in [3.63, 3.8) is 0 Å². The van der Waals surface area contributed by atoms with Gasteiger partial charge in [0, 0.05) is 31.4 Å². The van der Waals surface area contributed by atoms with Crippen LogP contribution < -0.4 is 10.2 Å². The molecule has 0 radical (unpaired) electrons. The molecule has 0 bridgehead atoms. The van der Waals surface area contributed by atoms with Gasteiger partial charge in [-0.2, -0.15) is 0 Å². The molecule has 110 valence electrons. The van der Waals surface area contributed by atoms with Crippen LogP contribution in [0.5, 0.6) is 0 Å². The van der Waals surface area contributed by atoms with E-state index >= 15 is 0 Å². The quantitative estimate of drug-likeness (QED) is 0.873. The Balaban J connectivity index is 1.61. The molecule has 0 aromatic heterocycles. The molecule has 3 rings (SSSR count). The summed E-state index contributed by atoms with van der Waals surface area (Å²) in [5.41, 5.74) is 2.93. The van der Waals surface area contributed by atoms with Crippen molar-refractivity contribution >= 4 is 5.69 Å². The molecule has 1 aromatic carbocycles. The van der Waals surface area contributed by atoms with E-state index in [4.69, 9.17) is 0 Å². The number of hydrogen-bond donors (Lipinski definition) is 1. The summed E-state index contributed by atoms with van der Waals surface area (Å²) >= 11 is 0. The molecule has 0 unspecified atom stereocenters. The van der Waals surface area contributed by atoms with E-state index in [9.17, 15) is 0 Å². The minimum absolute atomic E-state index is 0.657. The van der Waals surface area contributed by atoms with E-state index in [1.165, 1.54) is 62.9 Å². The van der Waals surface area contributed by atoms with E-state index in [1.54, 1.807) is 0 Å². The molecule has 0 amide bonds. The number of rotatable bonds is 5. The minimum Gasteiger partial charge on any atom is -0.371 e. The first-order valence-corrected chi connectivity index (χ1v) is 8.41. The normalized spacial score (nSPS) is 21.6. The standard InChI is InChI=1S/C18H28N2/c1-15(16-8-2-3-9-16)19-14-17-10-4-5-11-18(17)20-12-6-7-13-20/h4-5,10-11,15-16,19H,2-3,6-9,12-14H2,1H3/t15-/m1/s1. The topological polar surface area (TPSA) is 15.3 Å². The summed E-state index contributed by atoms with van der Waals surface area (Å²) in [5.74, 6) is 0.897. The van der Waals surface area contributed by atoms with Crippen LogP contribution in [0.4, 0.5) is 5.69 Å². The maximum atomic E-state index is 3.78. The van der Waals surface area contributed by atoms with Gasteiger partial charge in [0.15, 0.2) is 0 Å². The largest absolute Gasteiger partial charge is 0.371 e. The molecule has 20 heavy (non-hydrogen) atoms.